The summed E-state index contributed by atoms with van der Waals surface area (Å²) in [6.07, 6.45) is 2.38. The second-order valence-corrected chi connectivity index (χ2v) is 5.06. The number of nitrogens with zero attached hydrogens (tertiary/aromatic N) is 1. The minimum atomic E-state index is -0.0277. The van der Waals surface area contributed by atoms with Crippen molar-refractivity contribution < 1.29 is 4.79 Å². The number of nitrogen functional groups attached to an aromatic ring is 1. The standard InChI is InChI=1S/C14H21N3O.2ClH/c1-10-5-6-11(15)8-13(10)14(18)16-9-12-4-3-7-17(12)2;;/h5-6,8,12H,3-4,7,9,15H2,1-2H3,(H,16,18);2*1H. The van der Waals surface area contributed by atoms with Crippen molar-refractivity contribution in [2.75, 3.05) is 25.9 Å². The van der Waals surface area contributed by atoms with E-state index in [0.717, 1.165) is 18.5 Å². The Morgan fingerprint density at radius 2 is 2.15 bits per heavy atom. The topological polar surface area (TPSA) is 58.4 Å². The first kappa shape index (κ1) is 19.0. The summed E-state index contributed by atoms with van der Waals surface area (Å²) >= 11 is 0. The van der Waals surface area contributed by atoms with Gasteiger partial charge in [-0.25, -0.2) is 0 Å². The third-order valence-electron chi connectivity index (χ3n) is 3.68. The normalized spacial score (nSPS) is 18.0. The van der Waals surface area contributed by atoms with Crippen LogP contribution in [0, 0.1) is 6.92 Å². The molecule has 2 rings (SSSR count). The fraction of sp³-hybridized carbons (Fsp3) is 0.500. The average Bonchev–Trinajstić information content (AvgIpc) is 2.75. The smallest absolute Gasteiger partial charge is 0.251 e. The fourth-order valence-electron chi connectivity index (χ4n) is 2.43. The number of amides is 1. The SMILES string of the molecule is Cc1ccc(N)cc1C(=O)NCC1CCCN1C.Cl.Cl. The summed E-state index contributed by atoms with van der Waals surface area (Å²) in [5.41, 5.74) is 7.98. The second kappa shape index (κ2) is 8.35. The molecule has 1 saturated heterocycles. The zero-order chi connectivity index (χ0) is 13.1. The van der Waals surface area contributed by atoms with Crippen LogP contribution in [0.5, 0.6) is 0 Å². The summed E-state index contributed by atoms with van der Waals surface area (Å²) in [6, 6.07) is 5.90. The Hall–Kier alpha value is -0.970. The number of aryl methyl sites for hydroxylation is 1. The van der Waals surface area contributed by atoms with Crippen LogP contribution in [0.15, 0.2) is 18.2 Å². The van der Waals surface area contributed by atoms with Crippen LogP contribution in [0.4, 0.5) is 5.69 Å². The highest BCUT2D eigenvalue weighted by molar-refractivity contribution is 5.96. The maximum Gasteiger partial charge on any atom is 0.251 e. The van der Waals surface area contributed by atoms with Crippen molar-refractivity contribution in [3.63, 3.8) is 0 Å². The highest BCUT2D eigenvalue weighted by Crippen LogP contribution is 2.15. The number of anilines is 1. The van der Waals surface area contributed by atoms with Gasteiger partial charge in [0.25, 0.3) is 5.91 Å². The van der Waals surface area contributed by atoms with Gasteiger partial charge in [0.15, 0.2) is 0 Å². The van der Waals surface area contributed by atoms with Crippen molar-refractivity contribution in [2.45, 2.75) is 25.8 Å². The third-order valence-corrected chi connectivity index (χ3v) is 3.68. The lowest BCUT2D eigenvalue weighted by Crippen LogP contribution is -2.38. The molecule has 0 bridgehead atoms. The Morgan fingerprint density at radius 3 is 2.75 bits per heavy atom. The van der Waals surface area contributed by atoms with Gasteiger partial charge in [-0.3, -0.25) is 4.79 Å². The molecule has 1 unspecified atom stereocenters. The van der Waals surface area contributed by atoms with E-state index >= 15 is 0 Å². The van der Waals surface area contributed by atoms with E-state index in [4.69, 9.17) is 5.73 Å². The Kier molecular flexibility index (Phi) is 7.94. The number of hydrogen-bond donors (Lipinski definition) is 2. The van der Waals surface area contributed by atoms with E-state index in [1.54, 1.807) is 6.07 Å². The van der Waals surface area contributed by atoms with Gasteiger partial charge in [0.05, 0.1) is 0 Å². The van der Waals surface area contributed by atoms with Gasteiger partial charge in [0.2, 0.25) is 0 Å². The predicted octanol–water partition coefficient (Wildman–Crippen LogP) is 2.24. The van der Waals surface area contributed by atoms with Crippen LogP contribution >= 0.6 is 24.8 Å². The van der Waals surface area contributed by atoms with Gasteiger partial charge < -0.3 is 16.0 Å². The summed E-state index contributed by atoms with van der Waals surface area (Å²) in [4.78, 5) is 14.4. The fourth-order valence-corrected chi connectivity index (χ4v) is 2.43. The van der Waals surface area contributed by atoms with Gasteiger partial charge in [-0.1, -0.05) is 6.07 Å². The molecule has 1 heterocycles. The number of likely N-dealkylation sites (tertiary alicyclic amines) is 1. The van der Waals surface area contributed by atoms with Crippen molar-refractivity contribution in [3.05, 3.63) is 29.3 Å². The Morgan fingerprint density at radius 1 is 1.45 bits per heavy atom. The molecule has 3 N–H and O–H groups in total. The highest BCUT2D eigenvalue weighted by Gasteiger charge is 2.21. The molecule has 0 aliphatic carbocycles. The van der Waals surface area contributed by atoms with Gasteiger partial charge in [-0.15, -0.1) is 24.8 Å². The Bertz CT molecular complexity index is 454. The van der Waals surface area contributed by atoms with Crippen molar-refractivity contribution in [3.8, 4) is 0 Å². The van der Waals surface area contributed by atoms with Crippen LogP contribution in [0.1, 0.15) is 28.8 Å². The molecule has 114 valence electrons. The zero-order valence-electron chi connectivity index (χ0n) is 11.9. The summed E-state index contributed by atoms with van der Waals surface area (Å²) in [6.45, 7) is 3.76. The number of carbonyl (C=O) groups is 1. The average molecular weight is 320 g/mol. The van der Waals surface area contributed by atoms with E-state index in [1.165, 1.54) is 6.42 Å². The van der Waals surface area contributed by atoms with Crippen LogP contribution in [0.3, 0.4) is 0 Å². The van der Waals surface area contributed by atoms with Crippen LogP contribution in [-0.2, 0) is 0 Å². The Balaban J connectivity index is 0.00000180. The molecule has 0 saturated carbocycles. The minimum absolute atomic E-state index is 0. The molecule has 4 nitrogen and oxygen atoms in total. The van der Waals surface area contributed by atoms with Crippen molar-refractivity contribution in [1.82, 2.24) is 10.2 Å². The molecule has 1 aliphatic rings. The van der Waals surface area contributed by atoms with Gasteiger partial charge in [-0.05, 0) is 51.1 Å². The lowest BCUT2D eigenvalue weighted by atomic mass is 10.1. The summed E-state index contributed by atoms with van der Waals surface area (Å²) in [7, 11) is 2.11. The van der Waals surface area contributed by atoms with E-state index in [9.17, 15) is 4.79 Å². The van der Waals surface area contributed by atoms with E-state index in [-0.39, 0.29) is 30.7 Å². The van der Waals surface area contributed by atoms with E-state index in [1.807, 2.05) is 19.1 Å². The first-order valence-corrected chi connectivity index (χ1v) is 6.42. The van der Waals surface area contributed by atoms with Gasteiger partial charge in [0.1, 0.15) is 0 Å². The number of carbonyl (C=O) groups excluding carboxylic acids is 1. The lowest BCUT2D eigenvalue weighted by Gasteiger charge is -2.20. The van der Waals surface area contributed by atoms with E-state index < -0.39 is 0 Å². The van der Waals surface area contributed by atoms with Crippen molar-refractivity contribution in [1.29, 1.82) is 0 Å². The predicted molar refractivity (Wildman–Crippen MR) is 88.1 cm³/mol. The summed E-state index contributed by atoms with van der Waals surface area (Å²) in [5, 5.41) is 3.00. The summed E-state index contributed by atoms with van der Waals surface area (Å²) < 4.78 is 0. The number of nitrogens with two attached hydrogens (primary N) is 1. The van der Waals surface area contributed by atoms with E-state index in [0.29, 0.717) is 23.8 Å². The monoisotopic (exact) mass is 319 g/mol. The van der Waals surface area contributed by atoms with Crippen LogP contribution in [-0.4, -0.2) is 37.0 Å². The number of rotatable bonds is 3. The number of benzene rings is 1. The second-order valence-electron chi connectivity index (χ2n) is 5.06. The first-order valence-electron chi connectivity index (χ1n) is 6.42. The largest absolute Gasteiger partial charge is 0.399 e. The molecule has 1 atom stereocenters. The van der Waals surface area contributed by atoms with Crippen LogP contribution < -0.4 is 11.1 Å². The molecule has 0 radical (unpaired) electrons. The highest BCUT2D eigenvalue weighted by atomic mass is 35.5. The Labute approximate surface area is 132 Å². The molecule has 0 aromatic heterocycles. The number of nitrogens with one attached hydrogen (secondary N) is 1. The molecule has 20 heavy (non-hydrogen) atoms. The van der Waals surface area contributed by atoms with E-state index in [2.05, 4.69) is 17.3 Å². The van der Waals surface area contributed by atoms with Crippen LogP contribution in [0.25, 0.3) is 0 Å². The quantitative estimate of drug-likeness (QED) is 0.840. The maximum absolute atomic E-state index is 12.1. The van der Waals surface area contributed by atoms with Crippen molar-refractivity contribution in [2.24, 2.45) is 0 Å². The van der Waals surface area contributed by atoms with Crippen LogP contribution in [0.2, 0.25) is 0 Å². The zero-order valence-corrected chi connectivity index (χ0v) is 13.5. The minimum Gasteiger partial charge on any atom is -0.399 e. The molecule has 1 aromatic carbocycles. The molecule has 6 heteroatoms. The first-order chi connectivity index (χ1) is 8.58. The van der Waals surface area contributed by atoms with Gasteiger partial charge in [-0.2, -0.15) is 0 Å². The van der Waals surface area contributed by atoms with Gasteiger partial charge >= 0.3 is 0 Å². The molecule has 1 aliphatic heterocycles. The van der Waals surface area contributed by atoms with Crippen molar-refractivity contribution >= 4 is 36.4 Å². The molecule has 1 fully saturated rings. The number of halogens is 2. The van der Waals surface area contributed by atoms with Gasteiger partial charge in [0, 0.05) is 23.8 Å². The molecule has 1 amide bonds. The molecule has 0 spiro atoms. The number of hydrogen-bond acceptors (Lipinski definition) is 3. The summed E-state index contributed by atoms with van der Waals surface area (Å²) in [5.74, 6) is -0.0277. The molecule has 1 aromatic rings. The maximum atomic E-state index is 12.1. The third kappa shape index (κ3) is 4.54. The number of likely N-dealkylation sites (N-methyl/N-ethyl adjacent to an activating group) is 1. The molecular weight excluding hydrogens is 297 g/mol. The molecular formula is C14H23Cl2N3O. The lowest BCUT2D eigenvalue weighted by molar-refractivity contribution is 0.0943.